The minimum absolute atomic E-state index is 0.0295. The van der Waals surface area contributed by atoms with Gasteiger partial charge in [0.2, 0.25) is 5.91 Å². The van der Waals surface area contributed by atoms with E-state index in [1.54, 1.807) is 19.1 Å². The number of fused-ring (bicyclic) bond motifs is 2. The fourth-order valence-electron chi connectivity index (χ4n) is 4.50. The van der Waals surface area contributed by atoms with Gasteiger partial charge in [0.25, 0.3) is 5.91 Å². The zero-order valence-corrected chi connectivity index (χ0v) is 24.8. The molecule has 39 heavy (non-hydrogen) atoms. The average molecular weight is 590 g/mol. The molecule has 1 atom stereocenters. The molecule has 9 nitrogen and oxygen atoms in total. The quantitative estimate of drug-likeness (QED) is 0.361. The monoisotopic (exact) mass is 589 g/mol. The molecule has 1 aliphatic carbocycles. The van der Waals surface area contributed by atoms with Gasteiger partial charge in [0, 0.05) is 11.4 Å². The molecule has 0 aliphatic heterocycles. The van der Waals surface area contributed by atoms with Gasteiger partial charge in [0.15, 0.2) is 4.80 Å². The van der Waals surface area contributed by atoms with Gasteiger partial charge in [0.05, 0.1) is 46.6 Å². The van der Waals surface area contributed by atoms with Gasteiger partial charge in [0.1, 0.15) is 5.00 Å². The van der Waals surface area contributed by atoms with Gasteiger partial charge in [-0.15, -0.1) is 23.1 Å². The number of anilines is 1. The normalized spacial score (nSPS) is 15.2. The van der Waals surface area contributed by atoms with Crippen molar-refractivity contribution in [2.24, 2.45) is 10.9 Å². The van der Waals surface area contributed by atoms with Crippen molar-refractivity contribution in [2.75, 3.05) is 30.5 Å². The summed E-state index contributed by atoms with van der Waals surface area (Å²) >= 11 is 3.92. The first kappa shape index (κ1) is 29.0. The van der Waals surface area contributed by atoms with Crippen molar-refractivity contribution < 1.29 is 28.7 Å². The van der Waals surface area contributed by atoms with Crippen LogP contribution in [0.5, 0.6) is 0 Å². The molecule has 0 fully saturated rings. The Bertz CT molecular complexity index is 1490. The molecule has 1 N–H and O–H groups in total. The number of amides is 2. The third-order valence-corrected chi connectivity index (χ3v) is 9.47. The van der Waals surface area contributed by atoms with Gasteiger partial charge >= 0.3 is 11.9 Å². The molecule has 0 saturated heterocycles. The Labute approximate surface area is 238 Å². The molecule has 12 heteroatoms. The fraction of sp³-hybridized carbons (Fsp3) is 0.444. The number of hydrogen-bond acceptors (Lipinski definition) is 9. The molecule has 1 aromatic carbocycles. The van der Waals surface area contributed by atoms with Crippen molar-refractivity contribution in [2.45, 2.75) is 46.6 Å². The Balaban J connectivity index is 1.41. The van der Waals surface area contributed by atoms with E-state index >= 15 is 0 Å². The molecule has 4 rings (SSSR count). The van der Waals surface area contributed by atoms with E-state index in [0.717, 1.165) is 51.7 Å². The fourth-order valence-corrected chi connectivity index (χ4v) is 7.66. The number of carbonyl (C=O) groups excluding carboxylic acids is 4. The minimum Gasteiger partial charge on any atom is -0.465 e. The number of hydrogen-bond donors (Lipinski definition) is 1. The van der Waals surface area contributed by atoms with Gasteiger partial charge in [-0.3, -0.25) is 9.59 Å². The van der Waals surface area contributed by atoms with Crippen LogP contribution in [0.2, 0.25) is 0 Å². The summed E-state index contributed by atoms with van der Waals surface area (Å²) in [6.45, 7) is 6.79. The molecule has 2 heterocycles. The molecular weight excluding hydrogens is 559 g/mol. The number of thioether (sulfide) groups is 1. The van der Waals surface area contributed by atoms with E-state index in [-0.39, 0.29) is 23.3 Å². The molecule has 208 valence electrons. The third-order valence-electron chi connectivity index (χ3n) is 6.34. The lowest BCUT2D eigenvalue weighted by Gasteiger charge is -2.18. The Kier molecular flexibility index (Phi) is 9.62. The zero-order valence-electron chi connectivity index (χ0n) is 22.3. The molecule has 1 unspecified atom stereocenters. The second-order valence-electron chi connectivity index (χ2n) is 9.13. The molecular formula is C27H31N3O6S3. The number of rotatable bonds is 9. The Morgan fingerprint density at radius 2 is 1.95 bits per heavy atom. The van der Waals surface area contributed by atoms with Gasteiger partial charge in [-0.2, -0.15) is 4.99 Å². The van der Waals surface area contributed by atoms with E-state index < -0.39 is 11.9 Å². The maximum Gasteiger partial charge on any atom is 0.341 e. The first-order chi connectivity index (χ1) is 18.7. The standard InChI is InChI=1S/C27H31N3O6S3/c1-5-30-18-10-8-16(25(33)36-6-2)12-20(18)39-27(30)29-22(32)14-37-13-21(31)28-24-23(26(34)35-4)17-9-7-15(3)11-19(17)38-24/h8,10,12,15H,5-7,9,11,13-14H2,1-4H3,(H,28,31). The summed E-state index contributed by atoms with van der Waals surface area (Å²) in [6.07, 6.45) is 2.66. The number of ether oxygens (including phenoxy) is 2. The van der Waals surface area contributed by atoms with E-state index in [2.05, 4.69) is 17.2 Å². The van der Waals surface area contributed by atoms with Crippen molar-refractivity contribution in [3.63, 3.8) is 0 Å². The molecule has 0 radical (unpaired) electrons. The molecule has 2 aromatic heterocycles. The number of thiophene rings is 1. The predicted molar refractivity (Wildman–Crippen MR) is 155 cm³/mol. The van der Waals surface area contributed by atoms with Gasteiger partial charge in [-0.05, 0) is 62.8 Å². The summed E-state index contributed by atoms with van der Waals surface area (Å²) < 4.78 is 12.8. The zero-order chi connectivity index (χ0) is 28.1. The molecule has 0 bridgehead atoms. The summed E-state index contributed by atoms with van der Waals surface area (Å²) in [5, 5.41) is 3.37. The highest BCUT2D eigenvalue weighted by molar-refractivity contribution is 8.00. The van der Waals surface area contributed by atoms with Crippen molar-refractivity contribution in [3.8, 4) is 0 Å². The number of carbonyl (C=O) groups is 4. The van der Waals surface area contributed by atoms with E-state index in [1.165, 1.54) is 29.8 Å². The van der Waals surface area contributed by atoms with Gasteiger partial charge < -0.3 is 19.4 Å². The Morgan fingerprint density at radius 1 is 1.15 bits per heavy atom. The number of methoxy groups -OCH3 is 1. The Morgan fingerprint density at radius 3 is 2.67 bits per heavy atom. The van der Waals surface area contributed by atoms with Crippen molar-refractivity contribution in [1.82, 2.24) is 4.57 Å². The average Bonchev–Trinajstić information content (AvgIpc) is 3.43. The first-order valence-corrected chi connectivity index (χ1v) is 15.5. The second-order valence-corrected chi connectivity index (χ2v) is 12.2. The molecule has 0 spiro atoms. The van der Waals surface area contributed by atoms with E-state index in [0.29, 0.717) is 40.0 Å². The largest absolute Gasteiger partial charge is 0.465 e. The molecule has 1 aliphatic rings. The van der Waals surface area contributed by atoms with Gasteiger partial charge in [-0.25, -0.2) is 9.59 Å². The van der Waals surface area contributed by atoms with E-state index in [4.69, 9.17) is 9.47 Å². The lowest BCUT2D eigenvalue weighted by atomic mass is 9.88. The SMILES string of the molecule is CCOC(=O)c1ccc2c(c1)sc(=NC(=O)CSCC(=O)Nc1sc3c(c1C(=O)OC)CCC(C)C3)n2CC. The van der Waals surface area contributed by atoms with Crippen LogP contribution in [0.3, 0.4) is 0 Å². The number of aromatic nitrogens is 1. The van der Waals surface area contributed by atoms with Crippen molar-refractivity contribution in [3.05, 3.63) is 44.6 Å². The first-order valence-electron chi connectivity index (χ1n) is 12.7. The highest BCUT2D eigenvalue weighted by Crippen LogP contribution is 2.40. The van der Waals surface area contributed by atoms with Crippen LogP contribution in [0.4, 0.5) is 5.00 Å². The van der Waals surface area contributed by atoms with E-state index in [9.17, 15) is 19.2 Å². The molecule has 2 amide bonds. The highest BCUT2D eigenvalue weighted by Gasteiger charge is 2.28. The summed E-state index contributed by atoms with van der Waals surface area (Å²) in [5.74, 6) is -0.879. The van der Waals surface area contributed by atoms with Crippen LogP contribution in [0.25, 0.3) is 10.2 Å². The maximum absolute atomic E-state index is 12.7. The van der Waals surface area contributed by atoms with Gasteiger partial charge in [-0.1, -0.05) is 18.3 Å². The van der Waals surface area contributed by atoms with Crippen LogP contribution in [-0.4, -0.2) is 53.5 Å². The van der Waals surface area contributed by atoms with Crippen molar-refractivity contribution in [1.29, 1.82) is 0 Å². The highest BCUT2D eigenvalue weighted by atomic mass is 32.2. The number of nitrogens with zero attached hydrogens (tertiary/aromatic N) is 2. The smallest absolute Gasteiger partial charge is 0.341 e. The van der Waals surface area contributed by atoms with Crippen molar-refractivity contribution >= 4 is 73.4 Å². The van der Waals surface area contributed by atoms with Crippen LogP contribution in [0.15, 0.2) is 23.2 Å². The lowest BCUT2D eigenvalue weighted by Crippen LogP contribution is -2.19. The Hall–Kier alpha value is -2.96. The second kappa shape index (κ2) is 12.9. The predicted octanol–water partition coefficient (Wildman–Crippen LogP) is 4.67. The minimum atomic E-state index is -0.444. The summed E-state index contributed by atoms with van der Waals surface area (Å²) in [5.41, 5.74) is 2.76. The number of aryl methyl sites for hydroxylation is 1. The number of esters is 2. The molecule has 0 saturated carbocycles. The molecule has 3 aromatic rings. The third kappa shape index (κ3) is 6.62. The van der Waals surface area contributed by atoms with Crippen LogP contribution in [0, 0.1) is 5.92 Å². The van der Waals surface area contributed by atoms with Crippen LogP contribution < -0.4 is 10.1 Å². The maximum atomic E-state index is 12.7. The number of benzene rings is 1. The topological polar surface area (TPSA) is 116 Å². The summed E-state index contributed by atoms with van der Waals surface area (Å²) in [6, 6.07) is 5.28. The number of thiazole rings is 1. The van der Waals surface area contributed by atoms with Crippen LogP contribution >= 0.6 is 34.4 Å². The van der Waals surface area contributed by atoms with Crippen LogP contribution in [-0.2, 0) is 38.4 Å². The number of nitrogens with one attached hydrogen (secondary N) is 1. The lowest BCUT2D eigenvalue weighted by molar-refractivity contribution is -0.115. The summed E-state index contributed by atoms with van der Waals surface area (Å²) in [7, 11) is 1.34. The van der Waals surface area contributed by atoms with Crippen LogP contribution in [0.1, 0.15) is 58.3 Å². The van der Waals surface area contributed by atoms with E-state index in [1.807, 2.05) is 17.6 Å². The summed E-state index contributed by atoms with van der Waals surface area (Å²) in [4.78, 5) is 55.8.